The lowest BCUT2D eigenvalue weighted by Crippen LogP contribution is -2.74. The zero-order valence-electron chi connectivity index (χ0n) is 32.4. The number of aliphatic carboxylic acids is 3. The highest BCUT2D eigenvalue weighted by molar-refractivity contribution is 5.97. The quantitative estimate of drug-likeness (QED) is 0.0330. The minimum Gasteiger partial charge on any atom is -0.480 e. The van der Waals surface area contributed by atoms with E-state index in [1.165, 1.54) is 0 Å². The molecule has 0 rings (SSSR count). The van der Waals surface area contributed by atoms with Crippen LogP contribution in [0.15, 0.2) is 0 Å². The molecule has 0 aromatic heterocycles. The van der Waals surface area contributed by atoms with Gasteiger partial charge in [0.05, 0.1) is 72.7 Å². The largest absolute Gasteiger partial charge is 0.480 e. The van der Waals surface area contributed by atoms with E-state index in [2.05, 4.69) is 10.1 Å². The van der Waals surface area contributed by atoms with E-state index in [0.717, 1.165) is 0 Å². The number of nitrogens with one attached hydrogen (secondary N) is 2. The maximum absolute atomic E-state index is 13.8. The van der Waals surface area contributed by atoms with E-state index in [1.54, 1.807) is 0 Å². The Morgan fingerprint density at radius 2 is 0.781 bits per heavy atom. The molecule has 0 aliphatic heterocycles. The van der Waals surface area contributed by atoms with Crippen molar-refractivity contribution in [2.75, 3.05) is 92.4 Å². The average molecular weight is 989 g/mol. The predicted octanol–water partition coefficient (Wildman–Crippen LogP) is 4.57. The van der Waals surface area contributed by atoms with Gasteiger partial charge in [0, 0.05) is 6.54 Å². The number of alkyl halides is 17. The normalized spacial score (nSPS) is 14.2. The van der Waals surface area contributed by atoms with E-state index in [-0.39, 0.29) is 91.9 Å². The van der Waals surface area contributed by atoms with Gasteiger partial charge in [0.15, 0.2) is 0 Å². The van der Waals surface area contributed by atoms with E-state index in [1.807, 2.05) is 5.32 Å². The number of alkyl carbamates (subject to hydrolysis) is 1. The average Bonchev–Trinajstić information content (AvgIpc) is 3.16. The highest BCUT2D eigenvalue weighted by Crippen LogP contribution is 2.63. The van der Waals surface area contributed by atoms with Crippen molar-refractivity contribution >= 4 is 24.0 Å². The van der Waals surface area contributed by atoms with E-state index in [4.69, 9.17) is 43.7 Å². The van der Waals surface area contributed by atoms with Gasteiger partial charge >= 0.3 is 71.6 Å². The number of carboxylic acids is 3. The number of amides is 1. The molecular formula is C31H41F17N2O14. The van der Waals surface area contributed by atoms with Gasteiger partial charge in [-0.2, -0.15) is 74.6 Å². The van der Waals surface area contributed by atoms with Crippen molar-refractivity contribution in [1.82, 2.24) is 10.6 Å². The van der Waals surface area contributed by atoms with Crippen LogP contribution < -0.4 is 10.6 Å². The van der Waals surface area contributed by atoms with Crippen molar-refractivity contribution in [3.63, 3.8) is 0 Å². The minimum atomic E-state index is -8.71. The summed E-state index contributed by atoms with van der Waals surface area (Å²) in [5, 5.41) is 31.2. The molecule has 33 heteroatoms. The van der Waals surface area contributed by atoms with E-state index in [0.29, 0.717) is 0 Å². The Labute approximate surface area is 348 Å². The van der Waals surface area contributed by atoms with Gasteiger partial charge in [0.2, 0.25) is 6.04 Å². The first-order chi connectivity index (χ1) is 29.2. The van der Waals surface area contributed by atoms with Crippen LogP contribution in [-0.4, -0.2) is 191 Å². The zero-order valence-corrected chi connectivity index (χ0v) is 32.4. The molecule has 0 aromatic rings. The number of carbonyl (C=O) groups excluding carboxylic acids is 1. The van der Waals surface area contributed by atoms with Crippen molar-refractivity contribution in [2.45, 2.75) is 79.0 Å². The maximum Gasteiger partial charge on any atom is 0.460 e. The molecule has 5 N–H and O–H groups in total. The first-order valence-electron chi connectivity index (χ1n) is 17.7. The first-order valence-corrected chi connectivity index (χ1v) is 17.7. The third-order valence-electron chi connectivity index (χ3n) is 7.74. The molecule has 0 saturated carbocycles. The molecule has 16 nitrogen and oxygen atoms in total. The highest BCUT2D eigenvalue weighted by Gasteiger charge is 2.95. The summed E-state index contributed by atoms with van der Waals surface area (Å²) in [5.41, 5.74) is 0. The smallest absolute Gasteiger partial charge is 0.460 e. The topological polar surface area (TPSA) is 218 Å². The number of halogens is 17. The highest BCUT2D eigenvalue weighted by atomic mass is 19.4. The van der Waals surface area contributed by atoms with Crippen LogP contribution in [0.2, 0.25) is 0 Å². The lowest BCUT2D eigenvalue weighted by atomic mass is 9.89. The second kappa shape index (κ2) is 25.8. The van der Waals surface area contributed by atoms with Crippen molar-refractivity contribution in [3.8, 4) is 0 Å². The van der Waals surface area contributed by atoms with Crippen LogP contribution in [0, 0.1) is 0 Å². The summed E-state index contributed by atoms with van der Waals surface area (Å²) in [6.07, 6.45) is -8.35. The number of hydrogen-bond acceptors (Lipinski definition) is 12. The summed E-state index contributed by atoms with van der Waals surface area (Å²) in [7, 11) is 0. The van der Waals surface area contributed by atoms with Crippen LogP contribution >= 0.6 is 0 Å². The standard InChI is InChI=1S/C31H41F17N2O14/c32-24(33,25(34,35)26(36,37)27(38,39)28(40,41)29(42,43)30(44,45)31(46,47)48)17-63-14-13-61-10-9-59-6-5-58-7-8-60-11-12-62-15-16-64-23(57)49-4-2-1-3-18(20(51)52)50-19(21(53)54)22(55)56/h18-19,50H,1-17H2,(H,49,57)(H,51,52)(H,53,54)(H,55,56). The summed E-state index contributed by atoms with van der Waals surface area (Å²) in [6.45, 7) is -5.55. The number of unbranched alkanes of at least 4 members (excludes halogenated alkanes) is 1. The lowest BCUT2D eigenvalue weighted by Gasteiger charge is -2.42. The van der Waals surface area contributed by atoms with Crippen molar-refractivity contribution < 1.29 is 142 Å². The summed E-state index contributed by atoms with van der Waals surface area (Å²) in [4.78, 5) is 44.8. The van der Waals surface area contributed by atoms with Crippen LogP contribution in [-0.2, 0) is 47.5 Å². The fourth-order valence-corrected chi connectivity index (χ4v) is 4.22. The van der Waals surface area contributed by atoms with Crippen LogP contribution in [0.3, 0.4) is 0 Å². The van der Waals surface area contributed by atoms with Gasteiger partial charge < -0.3 is 53.8 Å². The van der Waals surface area contributed by atoms with Gasteiger partial charge in [-0.3, -0.25) is 10.1 Å². The van der Waals surface area contributed by atoms with E-state index < -0.39 is 104 Å². The monoisotopic (exact) mass is 988 g/mol. The molecule has 0 spiro atoms. The third kappa shape index (κ3) is 16.6. The molecule has 0 bridgehead atoms. The summed E-state index contributed by atoms with van der Waals surface area (Å²) in [5.74, 6) is -62.1. The summed E-state index contributed by atoms with van der Waals surface area (Å²) in [6, 6.07) is -3.58. The number of hydrogen-bond donors (Lipinski definition) is 5. The molecule has 0 fully saturated rings. The molecule has 0 aromatic carbocycles. The Morgan fingerprint density at radius 1 is 0.438 bits per heavy atom. The number of carbonyl (C=O) groups is 4. The molecule has 1 atom stereocenters. The molecule has 0 saturated heterocycles. The van der Waals surface area contributed by atoms with Gasteiger partial charge in [-0.05, 0) is 19.3 Å². The zero-order chi connectivity index (χ0) is 49.8. The minimum absolute atomic E-state index is 0.0102. The molecule has 64 heavy (non-hydrogen) atoms. The van der Waals surface area contributed by atoms with Gasteiger partial charge in [-0.1, -0.05) is 0 Å². The van der Waals surface area contributed by atoms with Gasteiger partial charge in [0.1, 0.15) is 19.3 Å². The van der Waals surface area contributed by atoms with Crippen molar-refractivity contribution in [1.29, 1.82) is 0 Å². The molecule has 1 unspecified atom stereocenters. The van der Waals surface area contributed by atoms with Crippen molar-refractivity contribution in [3.05, 3.63) is 0 Å². The molecule has 0 heterocycles. The molecule has 378 valence electrons. The van der Waals surface area contributed by atoms with Gasteiger partial charge in [-0.25, -0.2) is 14.4 Å². The van der Waals surface area contributed by atoms with Crippen LogP contribution in [0.1, 0.15) is 19.3 Å². The molecule has 0 aliphatic carbocycles. The Morgan fingerprint density at radius 3 is 1.14 bits per heavy atom. The summed E-state index contributed by atoms with van der Waals surface area (Å²) >= 11 is 0. The Kier molecular flexibility index (Phi) is 24.3. The predicted molar refractivity (Wildman–Crippen MR) is 172 cm³/mol. The maximum atomic E-state index is 13.8. The molecule has 0 aliphatic rings. The van der Waals surface area contributed by atoms with E-state index in [9.17, 15) is 93.8 Å². The number of carboxylic acid groups (broad SMARTS) is 3. The fourth-order valence-electron chi connectivity index (χ4n) is 4.22. The Hall–Kier alpha value is -3.79. The SMILES string of the molecule is O=C(NCCCCC(NC(C(=O)O)C(=O)O)C(=O)O)OCCOCCOCCOCCOCCOCCOCC(F)(F)C(F)(F)C(F)(F)C(F)(F)C(F)(F)C(F)(F)C(F)(F)C(F)(F)F. The molecule has 1 amide bonds. The Balaban J connectivity index is 4.15. The van der Waals surface area contributed by atoms with Crippen LogP contribution in [0.4, 0.5) is 79.4 Å². The third-order valence-corrected chi connectivity index (χ3v) is 7.74. The van der Waals surface area contributed by atoms with Crippen LogP contribution in [0.25, 0.3) is 0 Å². The fraction of sp³-hybridized carbons (Fsp3) is 0.871. The lowest BCUT2D eigenvalue weighted by molar-refractivity contribution is -0.462. The Bertz CT molecular complexity index is 1430. The molecule has 0 radical (unpaired) electrons. The van der Waals surface area contributed by atoms with Gasteiger partial charge in [0.25, 0.3) is 0 Å². The second-order valence-electron chi connectivity index (χ2n) is 12.5. The van der Waals surface area contributed by atoms with Crippen LogP contribution in [0.5, 0.6) is 0 Å². The van der Waals surface area contributed by atoms with Crippen molar-refractivity contribution in [2.24, 2.45) is 0 Å². The van der Waals surface area contributed by atoms with Gasteiger partial charge in [-0.15, -0.1) is 0 Å². The number of ether oxygens (including phenoxy) is 7. The number of rotatable bonds is 36. The second-order valence-corrected chi connectivity index (χ2v) is 12.5. The first kappa shape index (κ1) is 60.2. The molecular weight excluding hydrogens is 947 g/mol. The van der Waals surface area contributed by atoms with E-state index >= 15 is 0 Å². The summed E-state index contributed by atoms with van der Waals surface area (Å²) < 4.78 is 260.